The van der Waals surface area contributed by atoms with Crippen LogP contribution in [0.3, 0.4) is 0 Å². The number of carbonyl (C=O) groups is 4. The number of nitrogens with zero attached hydrogens (tertiary/aromatic N) is 1. The number of hydrogen-bond donors (Lipinski definition) is 3. The molecule has 1 aliphatic heterocycles. The van der Waals surface area contributed by atoms with Crippen LogP contribution in [-0.4, -0.2) is 53.6 Å². The molecule has 0 bridgehead atoms. The Morgan fingerprint density at radius 2 is 1.88 bits per heavy atom. The van der Waals surface area contributed by atoms with Gasteiger partial charge in [-0.2, -0.15) is 0 Å². The molecule has 1 fully saturated rings. The molecule has 3 rings (SSSR count). The number of hydrogen-bond acceptors (Lipinski definition) is 6. The predicted octanol–water partition coefficient (Wildman–Crippen LogP) is 2.73. The molecule has 1 atom stereocenters. The number of imide groups is 1. The number of carboxylic acid groups (broad SMARTS) is 1. The first kappa shape index (κ1) is 23.6. The summed E-state index contributed by atoms with van der Waals surface area (Å²) in [4.78, 5) is 48.9. The van der Waals surface area contributed by atoms with E-state index in [-0.39, 0.29) is 17.2 Å². The third-order valence-corrected chi connectivity index (χ3v) is 4.79. The summed E-state index contributed by atoms with van der Waals surface area (Å²) in [6.07, 6.45) is 0.316. The van der Waals surface area contributed by atoms with E-state index in [4.69, 9.17) is 26.2 Å². The monoisotopic (exact) mass is 473 g/mol. The van der Waals surface area contributed by atoms with Crippen molar-refractivity contribution in [1.29, 1.82) is 0 Å². The number of methoxy groups -OCH3 is 1. The molecule has 2 aromatic carbocycles. The molecule has 2 aromatic rings. The zero-order valence-corrected chi connectivity index (χ0v) is 18.4. The van der Waals surface area contributed by atoms with Gasteiger partial charge in [-0.15, -0.1) is 0 Å². The zero-order valence-electron chi connectivity index (χ0n) is 17.6. The molecular formula is C22H20ClN3O7. The molecule has 0 aliphatic carbocycles. The molecule has 4 amide bonds. The van der Waals surface area contributed by atoms with E-state index in [1.807, 2.05) is 0 Å². The maximum absolute atomic E-state index is 12.7. The summed E-state index contributed by atoms with van der Waals surface area (Å²) in [6, 6.07) is 10.2. The van der Waals surface area contributed by atoms with Gasteiger partial charge in [0.1, 0.15) is 12.2 Å². The molecule has 1 aliphatic rings. The Hall–Kier alpha value is -4.05. The van der Waals surface area contributed by atoms with Crippen LogP contribution in [0.2, 0.25) is 5.02 Å². The lowest BCUT2D eigenvalue weighted by atomic mass is 10.1. The third-order valence-electron chi connectivity index (χ3n) is 4.54. The Balaban J connectivity index is 1.71. The van der Waals surface area contributed by atoms with Crippen LogP contribution in [0.4, 0.5) is 10.5 Å². The molecule has 10 nitrogen and oxygen atoms in total. The fourth-order valence-electron chi connectivity index (χ4n) is 2.87. The van der Waals surface area contributed by atoms with Crippen LogP contribution >= 0.6 is 11.6 Å². The highest BCUT2D eigenvalue weighted by molar-refractivity contribution is 6.30. The Morgan fingerprint density at radius 3 is 2.52 bits per heavy atom. The van der Waals surface area contributed by atoms with Gasteiger partial charge in [0, 0.05) is 10.7 Å². The molecule has 0 radical (unpaired) electrons. The SMILES string of the molecule is COc1cc(/C=C2\NC(=O)N(CC(=O)Nc3ccc(Cl)cc3)C2=O)ccc1O[C@@H](C)C(=O)O. The molecule has 1 heterocycles. The first-order valence-corrected chi connectivity index (χ1v) is 10.0. The quantitative estimate of drug-likeness (QED) is 0.396. The zero-order chi connectivity index (χ0) is 24.1. The van der Waals surface area contributed by atoms with E-state index in [1.165, 1.54) is 32.2 Å². The number of anilines is 1. The van der Waals surface area contributed by atoms with Gasteiger partial charge >= 0.3 is 12.0 Å². The van der Waals surface area contributed by atoms with Crippen molar-refractivity contribution >= 4 is 47.2 Å². The summed E-state index contributed by atoms with van der Waals surface area (Å²) in [7, 11) is 1.38. The lowest BCUT2D eigenvalue weighted by Gasteiger charge is -2.14. The van der Waals surface area contributed by atoms with Gasteiger partial charge in [-0.25, -0.2) is 14.5 Å². The second-order valence-corrected chi connectivity index (χ2v) is 7.38. The molecule has 11 heteroatoms. The summed E-state index contributed by atoms with van der Waals surface area (Å²) < 4.78 is 10.6. The molecule has 172 valence electrons. The van der Waals surface area contributed by atoms with E-state index < -0.39 is 36.5 Å². The first-order valence-electron chi connectivity index (χ1n) is 9.65. The number of carboxylic acids is 1. The summed E-state index contributed by atoms with van der Waals surface area (Å²) in [5.41, 5.74) is 0.922. The van der Waals surface area contributed by atoms with Gasteiger partial charge in [-0.1, -0.05) is 17.7 Å². The molecule has 0 unspecified atom stereocenters. The lowest BCUT2D eigenvalue weighted by Crippen LogP contribution is -2.38. The number of urea groups is 1. The van der Waals surface area contributed by atoms with E-state index in [9.17, 15) is 19.2 Å². The number of halogens is 1. The van der Waals surface area contributed by atoms with E-state index in [0.717, 1.165) is 4.90 Å². The van der Waals surface area contributed by atoms with Gasteiger partial charge in [-0.3, -0.25) is 9.59 Å². The van der Waals surface area contributed by atoms with Crippen LogP contribution in [-0.2, 0) is 14.4 Å². The fraction of sp³-hybridized carbons (Fsp3) is 0.182. The highest BCUT2D eigenvalue weighted by atomic mass is 35.5. The van der Waals surface area contributed by atoms with E-state index in [2.05, 4.69) is 10.6 Å². The molecule has 33 heavy (non-hydrogen) atoms. The number of carbonyl (C=O) groups excluding carboxylic acids is 3. The van der Waals surface area contributed by atoms with E-state index in [1.54, 1.807) is 30.3 Å². The molecular weight excluding hydrogens is 454 g/mol. The van der Waals surface area contributed by atoms with Crippen LogP contribution in [0.25, 0.3) is 6.08 Å². The van der Waals surface area contributed by atoms with Gasteiger partial charge in [0.25, 0.3) is 5.91 Å². The van der Waals surface area contributed by atoms with E-state index in [0.29, 0.717) is 16.3 Å². The van der Waals surface area contributed by atoms with Crippen molar-refractivity contribution in [3.63, 3.8) is 0 Å². The van der Waals surface area contributed by atoms with Crippen molar-refractivity contribution < 1.29 is 33.8 Å². The summed E-state index contributed by atoms with van der Waals surface area (Å²) in [6.45, 7) is 0.899. The third kappa shape index (κ3) is 5.80. The van der Waals surface area contributed by atoms with E-state index >= 15 is 0 Å². The Morgan fingerprint density at radius 1 is 1.18 bits per heavy atom. The minimum absolute atomic E-state index is 0.0334. The number of amides is 4. The Labute approximate surface area is 193 Å². The highest BCUT2D eigenvalue weighted by Gasteiger charge is 2.35. The standard InChI is InChI=1S/C22H20ClN3O7/c1-12(21(29)30)33-17-8-3-13(10-18(17)32-2)9-16-20(28)26(22(31)25-16)11-19(27)24-15-6-4-14(23)5-7-15/h3-10,12H,11H2,1-2H3,(H,24,27)(H,25,31)(H,29,30)/b16-9-/t12-/m0/s1. The topological polar surface area (TPSA) is 134 Å². The molecule has 0 spiro atoms. The van der Waals surface area contributed by atoms with Gasteiger partial charge in [0.2, 0.25) is 5.91 Å². The molecule has 0 saturated carbocycles. The average molecular weight is 474 g/mol. The fourth-order valence-corrected chi connectivity index (χ4v) is 3.00. The van der Waals surface area contributed by atoms with Crippen molar-refractivity contribution in [2.24, 2.45) is 0 Å². The van der Waals surface area contributed by atoms with Crippen molar-refractivity contribution in [3.8, 4) is 11.5 Å². The maximum atomic E-state index is 12.7. The van der Waals surface area contributed by atoms with Crippen molar-refractivity contribution in [3.05, 3.63) is 58.7 Å². The average Bonchev–Trinajstić information content (AvgIpc) is 3.03. The summed E-state index contributed by atoms with van der Waals surface area (Å²) >= 11 is 5.81. The summed E-state index contributed by atoms with van der Waals surface area (Å²) in [5, 5.41) is 14.5. The van der Waals surface area contributed by atoms with Crippen LogP contribution in [0, 0.1) is 0 Å². The van der Waals surface area contributed by atoms with Crippen molar-refractivity contribution in [2.75, 3.05) is 19.0 Å². The highest BCUT2D eigenvalue weighted by Crippen LogP contribution is 2.30. The predicted molar refractivity (Wildman–Crippen MR) is 119 cm³/mol. The number of rotatable bonds is 8. The molecule has 0 aromatic heterocycles. The van der Waals surface area contributed by atoms with Crippen molar-refractivity contribution in [1.82, 2.24) is 10.2 Å². The van der Waals surface area contributed by atoms with Crippen molar-refractivity contribution in [2.45, 2.75) is 13.0 Å². The first-order chi connectivity index (χ1) is 15.7. The van der Waals surface area contributed by atoms with Crippen LogP contribution in [0.15, 0.2) is 48.2 Å². The summed E-state index contributed by atoms with van der Waals surface area (Å²) in [5.74, 6) is -1.92. The van der Waals surface area contributed by atoms with Crippen LogP contribution < -0.4 is 20.1 Å². The number of benzene rings is 2. The molecule has 1 saturated heterocycles. The number of aliphatic carboxylic acids is 1. The van der Waals surface area contributed by atoms with Gasteiger partial charge in [-0.05, 0) is 55.0 Å². The van der Waals surface area contributed by atoms with Gasteiger partial charge in [0.15, 0.2) is 17.6 Å². The molecule has 3 N–H and O–H groups in total. The van der Waals surface area contributed by atoms with Gasteiger partial charge in [0.05, 0.1) is 7.11 Å². The van der Waals surface area contributed by atoms with Gasteiger partial charge < -0.3 is 25.2 Å². The smallest absolute Gasteiger partial charge is 0.344 e. The Kier molecular flexibility index (Phi) is 7.19. The lowest BCUT2D eigenvalue weighted by molar-refractivity contribution is -0.144. The van der Waals surface area contributed by atoms with Crippen LogP contribution in [0.1, 0.15) is 12.5 Å². The normalized spacial score (nSPS) is 15.2. The Bertz CT molecular complexity index is 1130. The minimum Gasteiger partial charge on any atom is -0.493 e. The van der Waals surface area contributed by atoms with Crippen LogP contribution in [0.5, 0.6) is 11.5 Å². The largest absolute Gasteiger partial charge is 0.493 e. The second-order valence-electron chi connectivity index (χ2n) is 6.94. The minimum atomic E-state index is -1.14. The number of ether oxygens (including phenoxy) is 2. The second kappa shape index (κ2) is 10.0. The maximum Gasteiger partial charge on any atom is 0.344 e. The number of nitrogens with one attached hydrogen (secondary N) is 2.